The number of aryl methyl sites for hydroxylation is 1. The van der Waals surface area contributed by atoms with Crippen LogP contribution in [0.15, 0.2) is 22.6 Å². The maximum absolute atomic E-state index is 12.7. The standard InChI is InChI=1S/C19H20N4O7/c1-10(24)15-11(2)30-19(16(15)17(20)25)21-18(26)12-3-4-13(14(9-12)23(27)28)22-5-7-29-8-6-22/h3-4,9H,5-8H2,1-2H3,(H2,20,25)(H,21,26). The van der Waals surface area contributed by atoms with Crippen LogP contribution in [0.25, 0.3) is 0 Å². The number of carbonyl (C=O) groups is 3. The molecule has 0 spiro atoms. The van der Waals surface area contributed by atoms with E-state index in [2.05, 4.69) is 5.32 Å². The van der Waals surface area contributed by atoms with Gasteiger partial charge in [0.15, 0.2) is 5.78 Å². The van der Waals surface area contributed by atoms with Crippen LogP contribution in [0.4, 0.5) is 17.3 Å². The molecule has 1 aromatic heterocycles. The number of benzene rings is 1. The molecule has 2 heterocycles. The average molecular weight is 416 g/mol. The molecule has 1 aromatic carbocycles. The summed E-state index contributed by atoms with van der Waals surface area (Å²) in [6, 6.07) is 4.06. The lowest BCUT2D eigenvalue weighted by molar-refractivity contribution is -0.384. The third kappa shape index (κ3) is 4.01. The van der Waals surface area contributed by atoms with Crippen molar-refractivity contribution >= 4 is 34.9 Å². The number of furan rings is 1. The van der Waals surface area contributed by atoms with Crippen LogP contribution >= 0.6 is 0 Å². The maximum Gasteiger partial charge on any atom is 0.293 e. The van der Waals surface area contributed by atoms with Gasteiger partial charge < -0.3 is 19.8 Å². The topological polar surface area (TPSA) is 158 Å². The molecule has 3 N–H and O–H groups in total. The summed E-state index contributed by atoms with van der Waals surface area (Å²) in [6.45, 7) is 4.59. The second kappa shape index (κ2) is 8.33. The molecule has 158 valence electrons. The van der Waals surface area contributed by atoms with Crippen molar-refractivity contribution in [3.8, 4) is 0 Å². The van der Waals surface area contributed by atoms with Crippen molar-refractivity contribution < 1.29 is 28.5 Å². The van der Waals surface area contributed by atoms with Crippen LogP contribution in [0.3, 0.4) is 0 Å². The monoisotopic (exact) mass is 416 g/mol. The van der Waals surface area contributed by atoms with Gasteiger partial charge in [-0.25, -0.2) is 0 Å². The molecule has 0 saturated carbocycles. The van der Waals surface area contributed by atoms with Gasteiger partial charge in [0, 0.05) is 24.7 Å². The highest BCUT2D eigenvalue weighted by Gasteiger charge is 2.28. The SMILES string of the molecule is CC(=O)c1c(C)oc(NC(=O)c2ccc(N3CCOCC3)c([N+](=O)[O-])c2)c1C(N)=O. The summed E-state index contributed by atoms with van der Waals surface area (Å²) in [5.41, 5.74) is 5.20. The fourth-order valence-electron chi connectivity index (χ4n) is 3.35. The van der Waals surface area contributed by atoms with Crippen LogP contribution < -0.4 is 16.0 Å². The lowest BCUT2D eigenvalue weighted by Crippen LogP contribution is -2.36. The molecule has 0 unspecified atom stereocenters. The van der Waals surface area contributed by atoms with Gasteiger partial charge in [-0.05, 0) is 26.0 Å². The molecule has 0 aliphatic carbocycles. The molecule has 11 nitrogen and oxygen atoms in total. The van der Waals surface area contributed by atoms with Gasteiger partial charge in [-0.3, -0.25) is 29.8 Å². The van der Waals surface area contributed by atoms with Crippen LogP contribution in [0.2, 0.25) is 0 Å². The largest absolute Gasteiger partial charge is 0.444 e. The lowest BCUT2D eigenvalue weighted by atomic mass is 10.1. The summed E-state index contributed by atoms with van der Waals surface area (Å²) in [5, 5.41) is 13.9. The number of hydrogen-bond donors (Lipinski definition) is 2. The Hall–Kier alpha value is -3.73. The molecule has 1 saturated heterocycles. The molecular weight excluding hydrogens is 396 g/mol. The predicted molar refractivity (Wildman–Crippen MR) is 106 cm³/mol. The second-order valence-electron chi connectivity index (χ2n) is 6.67. The Kier molecular flexibility index (Phi) is 5.83. The number of nitrogens with zero attached hydrogens (tertiary/aromatic N) is 2. The number of primary amides is 1. The third-order valence-electron chi connectivity index (χ3n) is 4.70. The van der Waals surface area contributed by atoms with Crippen molar-refractivity contribution in [1.82, 2.24) is 0 Å². The molecule has 0 atom stereocenters. The number of nitrogens with two attached hydrogens (primary N) is 1. The van der Waals surface area contributed by atoms with Crippen molar-refractivity contribution in [3.63, 3.8) is 0 Å². The van der Waals surface area contributed by atoms with E-state index in [1.807, 2.05) is 4.90 Å². The predicted octanol–water partition coefficient (Wildman–Crippen LogP) is 1.89. The normalized spacial score (nSPS) is 13.7. The van der Waals surface area contributed by atoms with E-state index in [9.17, 15) is 24.5 Å². The zero-order chi connectivity index (χ0) is 22.0. The van der Waals surface area contributed by atoms with Crippen LogP contribution in [0.1, 0.15) is 43.8 Å². The Morgan fingerprint density at radius 1 is 1.20 bits per heavy atom. The highest BCUT2D eigenvalue weighted by molar-refractivity contribution is 6.13. The Balaban J connectivity index is 1.94. The number of ether oxygens (including phenoxy) is 1. The number of anilines is 2. The minimum absolute atomic E-state index is 0.0208. The van der Waals surface area contributed by atoms with Gasteiger partial charge in [0.25, 0.3) is 17.5 Å². The number of ketones is 1. The van der Waals surface area contributed by atoms with E-state index < -0.39 is 22.5 Å². The first kappa shape index (κ1) is 21.0. The van der Waals surface area contributed by atoms with E-state index in [-0.39, 0.29) is 34.0 Å². The quantitative estimate of drug-likeness (QED) is 0.410. The maximum atomic E-state index is 12.7. The Morgan fingerprint density at radius 2 is 1.87 bits per heavy atom. The number of rotatable bonds is 6. The number of morpholine rings is 1. The number of hydrogen-bond acceptors (Lipinski definition) is 8. The van der Waals surface area contributed by atoms with E-state index in [1.165, 1.54) is 26.0 Å². The van der Waals surface area contributed by atoms with Crippen molar-refractivity contribution in [2.24, 2.45) is 5.73 Å². The molecule has 1 aliphatic rings. The van der Waals surface area contributed by atoms with Crippen molar-refractivity contribution in [1.29, 1.82) is 0 Å². The molecule has 2 amide bonds. The summed E-state index contributed by atoms with van der Waals surface area (Å²) >= 11 is 0. The van der Waals surface area contributed by atoms with E-state index in [0.29, 0.717) is 32.0 Å². The van der Waals surface area contributed by atoms with E-state index >= 15 is 0 Å². The molecule has 1 aliphatic heterocycles. The zero-order valence-electron chi connectivity index (χ0n) is 16.4. The highest BCUT2D eigenvalue weighted by atomic mass is 16.6. The van der Waals surface area contributed by atoms with Gasteiger partial charge in [0.1, 0.15) is 17.0 Å². The molecular formula is C19H20N4O7. The van der Waals surface area contributed by atoms with E-state index in [0.717, 1.165) is 6.07 Å². The molecule has 2 aromatic rings. The molecule has 0 radical (unpaired) electrons. The Morgan fingerprint density at radius 3 is 2.43 bits per heavy atom. The van der Waals surface area contributed by atoms with Crippen LogP contribution in [-0.2, 0) is 4.74 Å². The first-order chi connectivity index (χ1) is 14.2. The van der Waals surface area contributed by atoms with Gasteiger partial charge in [-0.15, -0.1) is 0 Å². The second-order valence-corrected chi connectivity index (χ2v) is 6.67. The van der Waals surface area contributed by atoms with Gasteiger partial charge in [-0.2, -0.15) is 0 Å². The first-order valence-corrected chi connectivity index (χ1v) is 9.07. The van der Waals surface area contributed by atoms with E-state index in [4.69, 9.17) is 14.9 Å². The lowest BCUT2D eigenvalue weighted by Gasteiger charge is -2.28. The number of amides is 2. The van der Waals surface area contributed by atoms with Gasteiger partial charge in [0.2, 0.25) is 5.88 Å². The van der Waals surface area contributed by atoms with Crippen molar-refractivity contribution in [2.75, 3.05) is 36.5 Å². The summed E-state index contributed by atoms with van der Waals surface area (Å²) in [4.78, 5) is 49.1. The number of Topliss-reactive ketones (excluding diaryl/α,β-unsaturated/α-hetero) is 1. The number of carbonyl (C=O) groups excluding carboxylic acids is 3. The Labute approximate surface area is 170 Å². The van der Waals surface area contributed by atoms with Gasteiger partial charge in [-0.1, -0.05) is 0 Å². The zero-order valence-corrected chi connectivity index (χ0v) is 16.4. The first-order valence-electron chi connectivity index (χ1n) is 9.07. The van der Waals surface area contributed by atoms with Gasteiger partial charge >= 0.3 is 0 Å². The van der Waals surface area contributed by atoms with Crippen LogP contribution in [0.5, 0.6) is 0 Å². The summed E-state index contributed by atoms with van der Waals surface area (Å²) < 4.78 is 10.6. The fraction of sp³-hybridized carbons (Fsp3) is 0.316. The third-order valence-corrected chi connectivity index (χ3v) is 4.70. The summed E-state index contributed by atoms with van der Waals surface area (Å²) in [7, 11) is 0. The number of nitro benzene ring substituents is 1. The van der Waals surface area contributed by atoms with E-state index in [1.54, 1.807) is 0 Å². The summed E-state index contributed by atoms with van der Waals surface area (Å²) in [5.74, 6) is -2.30. The van der Waals surface area contributed by atoms with Crippen molar-refractivity contribution in [2.45, 2.75) is 13.8 Å². The highest BCUT2D eigenvalue weighted by Crippen LogP contribution is 2.31. The van der Waals surface area contributed by atoms with Crippen LogP contribution in [0, 0.1) is 17.0 Å². The molecule has 30 heavy (non-hydrogen) atoms. The number of nitro groups is 1. The Bertz CT molecular complexity index is 1040. The smallest absolute Gasteiger partial charge is 0.293 e. The molecule has 0 bridgehead atoms. The minimum Gasteiger partial charge on any atom is -0.444 e. The molecule has 11 heteroatoms. The average Bonchev–Trinajstić information content (AvgIpc) is 3.04. The number of nitrogens with one attached hydrogen (secondary N) is 1. The minimum atomic E-state index is -0.944. The van der Waals surface area contributed by atoms with Crippen LogP contribution in [-0.4, -0.2) is 48.8 Å². The fourth-order valence-corrected chi connectivity index (χ4v) is 3.35. The summed E-state index contributed by atoms with van der Waals surface area (Å²) in [6.07, 6.45) is 0. The van der Waals surface area contributed by atoms with Crippen molar-refractivity contribution in [3.05, 3.63) is 50.8 Å². The van der Waals surface area contributed by atoms with Gasteiger partial charge in [0.05, 0.1) is 23.7 Å². The molecule has 1 fully saturated rings. The molecule has 3 rings (SSSR count).